The smallest absolute Gasteiger partial charge is 0.371 e. The third-order valence-electron chi connectivity index (χ3n) is 6.83. The first-order valence-electron chi connectivity index (χ1n) is 12.6. The predicted octanol–water partition coefficient (Wildman–Crippen LogP) is 5.67. The summed E-state index contributed by atoms with van der Waals surface area (Å²) in [7, 11) is 1.80. The van der Waals surface area contributed by atoms with Crippen LogP contribution in [-0.2, 0) is 11.8 Å². The lowest BCUT2D eigenvalue weighted by Crippen LogP contribution is -2.56. The zero-order chi connectivity index (χ0) is 26.7. The van der Waals surface area contributed by atoms with Crippen LogP contribution in [0.3, 0.4) is 0 Å². The molecule has 0 unspecified atom stereocenters. The van der Waals surface area contributed by atoms with Crippen LogP contribution in [-0.4, -0.2) is 46.2 Å². The summed E-state index contributed by atoms with van der Waals surface area (Å²) in [5.74, 6) is -0.696. The average molecular weight is 499 g/mol. The zero-order valence-electron chi connectivity index (χ0n) is 22.2. The Kier molecular flexibility index (Phi) is 7.51. The lowest BCUT2D eigenvalue weighted by Gasteiger charge is -2.42. The minimum absolute atomic E-state index is 0.0419. The maximum Gasteiger partial charge on any atom is 0.418 e. The van der Waals surface area contributed by atoms with E-state index in [4.69, 9.17) is 4.74 Å². The second-order valence-corrected chi connectivity index (χ2v) is 10.6. The molecule has 1 atom stereocenters. The monoisotopic (exact) mass is 498 g/mol. The molecule has 7 nitrogen and oxygen atoms in total. The first-order chi connectivity index (χ1) is 17.6. The fourth-order valence-electron chi connectivity index (χ4n) is 5.01. The minimum Gasteiger partial charge on any atom is -0.371 e. The molecule has 1 N–H and O–H groups in total. The zero-order valence-corrected chi connectivity index (χ0v) is 22.2. The van der Waals surface area contributed by atoms with Crippen LogP contribution in [0.2, 0.25) is 0 Å². The number of carbonyl (C=O) groups is 2. The molecule has 0 radical (unpaired) electrons. The Bertz CT molecular complexity index is 1320. The van der Waals surface area contributed by atoms with Crippen molar-refractivity contribution in [3.8, 4) is 28.5 Å². The van der Waals surface area contributed by atoms with E-state index in [-0.39, 0.29) is 11.7 Å². The van der Waals surface area contributed by atoms with Gasteiger partial charge in [0.15, 0.2) is 0 Å². The van der Waals surface area contributed by atoms with Crippen LogP contribution in [0, 0.1) is 18.3 Å². The highest BCUT2D eigenvalue weighted by Crippen LogP contribution is 2.35. The number of aryl methyl sites for hydroxylation is 1. The van der Waals surface area contributed by atoms with E-state index >= 15 is 0 Å². The lowest BCUT2D eigenvalue weighted by molar-refractivity contribution is 0.0301. The van der Waals surface area contributed by atoms with Crippen molar-refractivity contribution in [2.75, 3.05) is 13.1 Å². The molecule has 1 aliphatic rings. The molecule has 3 aromatic rings. The van der Waals surface area contributed by atoms with Crippen LogP contribution in [0.1, 0.15) is 55.2 Å². The largest absolute Gasteiger partial charge is 0.418 e. The number of esters is 1. The standard InChI is InChI=1S/C30H34N4O3/c1-20-8-12-23(13-9-20)27-25(22-14-10-21(18-31)11-15-22)17-26(33(27)5)28(35)37-29(36)34(30(2,3)4)24-7-6-16-32-19-24/h8-15,17,24,32H,6-7,16,19H2,1-5H3/t24-/m1/s1. The van der Waals surface area contributed by atoms with Gasteiger partial charge in [-0.05, 0) is 76.4 Å². The van der Waals surface area contributed by atoms with Crippen LogP contribution in [0.5, 0.6) is 0 Å². The quantitative estimate of drug-likeness (QED) is 0.370. The summed E-state index contributed by atoms with van der Waals surface area (Å²) in [6, 6.07) is 19.1. The molecule has 0 saturated carbocycles. The maximum atomic E-state index is 13.4. The number of hydrogen-bond acceptors (Lipinski definition) is 5. The van der Waals surface area contributed by atoms with Gasteiger partial charge in [0.25, 0.3) is 0 Å². The summed E-state index contributed by atoms with van der Waals surface area (Å²) in [4.78, 5) is 28.4. The molecule has 0 aliphatic carbocycles. The van der Waals surface area contributed by atoms with Crippen molar-refractivity contribution in [1.82, 2.24) is 14.8 Å². The van der Waals surface area contributed by atoms with Gasteiger partial charge >= 0.3 is 12.1 Å². The number of nitriles is 1. The van der Waals surface area contributed by atoms with Crippen LogP contribution < -0.4 is 5.32 Å². The van der Waals surface area contributed by atoms with Gasteiger partial charge in [-0.15, -0.1) is 0 Å². The molecule has 1 saturated heterocycles. The van der Waals surface area contributed by atoms with Crippen LogP contribution >= 0.6 is 0 Å². The molecule has 7 heteroatoms. The molecule has 0 spiro atoms. The van der Waals surface area contributed by atoms with Crippen molar-refractivity contribution in [3.05, 3.63) is 71.4 Å². The van der Waals surface area contributed by atoms with Crippen LogP contribution in [0.15, 0.2) is 54.6 Å². The third kappa shape index (κ3) is 5.60. The molecule has 1 amide bonds. The summed E-state index contributed by atoms with van der Waals surface area (Å²) in [5, 5.41) is 12.5. The van der Waals surface area contributed by atoms with Crippen molar-refractivity contribution < 1.29 is 14.3 Å². The Morgan fingerprint density at radius 3 is 2.30 bits per heavy atom. The molecule has 2 aromatic carbocycles. The van der Waals surface area contributed by atoms with Crippen molar-refractivity contribution in [1.29, 1.82) is 5.26 Å². The highest BCUT2D eigenvalue weighted by molar-refractivity contribution is 5.99. The van der Waals surface area contributed by atoms with Gasteiger partial charge in [-0.1, -0.05) is 42.0 Å². The van der Waals surface area contributed by atoms with Crippen molar-refractivity contribution in [2.24, 2.45) is 7.05 Å². The summed E-state index contributed by atoms with van der Waals surface area (Å²) in [6.07, 6.45) is 1.19. The number of piperidine rings is 1. The van der Waals surface area contributed by atoms with E-state index in [2.05, 4.69) is 11.4 Å². The Balaban J connectivity index is 1.71. The van der Waals surface area contributed by atoms with Gasteiger partial charge in [0.05, 0.1) is 17.3 Å². The number of ether oxygens (including phenoxy) is 1. The molecule has 2 heterocycles. The van der Waals surface area contributed by atoms with E-state index in [0.717, 1.165) is 47.3 Å². The van der Waals surface area contributed by atoms with Gasteiger partial charge in [0, 0.05) is 30.7 Å². The Morgan fingerprint density at radius 1 is 1.08 bits per heavy atom. The Morgan fingerprint density at radius 2 is 1.73 bits per heavy atom. The number of aromatic nitrogens is 1. The molecular weight excluding hydrogens is 464 g/mol. The SMILES string of the molecule is Cc1ccc(-c2c(-c3ccc(C#N)cc3)cc(C(=O)OC(=O)N([C@@H]3CCCNC3)C(C)(C)C)n2C)cc1. The van der Waals surface area contributed by atoms with E-state index in [9.17, 15) is 14.9 Å². The third-order valence-corrected chi connectivity index (χ3v) is 6.83. The lowest BCUT2D eigenvalue weighted by atomic mass is 9.99. The van der Waals surface area contributed by atoms with E-state index in [1.54, 1.807) is 34.7 Å². The molecule has 4 rings (SSSR count). The van der Waals surface area contributed by atoms with Crippen molar-refractivity contribution in [3.63, 3.8) is 0 Å². The van der Waals surface area contributed by atoms with E-state index in [1.807, 2.05) is 64.1 Å². The maximum absolute atomic E-state index is 13.4. The number of nitrogens with zero attached hydrogens (tertiary/aromatic N) is 3. The number of carbonyl (C=O) groups excluding carboxylic acids is 2. The van der Waals surface area contributed by atoms with Crippen LogP contribution in [0.4, 0.5) is 4.79 Å². The number of rotatable bonds is 4. The number of nitrogens with one attached hydrogen (secondary N) is 1. The van der Waals surface area contributed by atoms with Gasteiger partial charge in [-0.3, -0.25) is 4.90 Å². The van der Waals surface area contributed by atoms with Crippen molar-refractivity contribution in [2.45, 2.75) is 52.1 Å². The van der Waals surface area contributed by atoms with Gasteiger partial charge in [0.1, 0.15) is 5.69 Å². The molecule has 37 heavy (non-hydrogen) atoms. The van der Waals surface area contributed by atoms with Gasteiger partial charge in [-0.2, -0.15) is 5.26 Å². The summed E-state index contributed by atoms with van der Waals surface area (Å²) < 4.78 is 7.29. The Hall–Kier alpha value is -3.89. The Labute approximate surface area is 218 Å². The van der Waals surface area contributed by atoms with E-state index in [0.29, 0.717) is 12.1 Å². The van der Waals surface area contributed by atoms with Crippen molar-refractivity contribution >= 4 is 12.1 Å². The highest BCUT2D eigenvalue weighted by Gasteiger charge is 2.37. The second kappa shape index (κ2) is 10.6. The first kappa shape index (κ1) is 26.2. The van der Waals surface area contributed by atoms with E-state index in [1.165, 1.54) is 0 Å². The molecule has 192 valence electrons. The second-order valence-electron chi connectivity index (χ2n) is 10.6. The van der Waals surface area contributed by atoms with Gasteiger partial charge < -0.3 is 14.6 Å². The van der Waals surface area contributed by atoms with E-state index < -0.39 is 17.6 Å². The summed E-state index contributed by atoms with van der Waals surface area (Å²) in [5.41, 5.74) is 4.90. The van der Waals surface area contributed by atoms with Gasteiger partial charge in [0.2, 0.25) is 0 Å². The first-order valence-corrected chi connectivity index (χ1v) is 12.6. The van der Waals surface area contributed by atoms with Gasteiger partial charge in [-0.25, -0.2) is 9.59 Å². The number of amides is 1. The fraction of sp³-hybridized carbons (Fsp3) is 0.367. The molecule has 1 aromatic heterocycles. The normalized spacial score (nSPS) is 15.6. The minimum atomic E-state index is -0.696. The topological polar surface area (TPSA) is 87.4 Å². The molecule has 1 aliphatic heterocycles. The molecule has 1 fully saturated rings. The molecule has 0 bridgehead atoms. The summed E-state index contributed by atoms with van der Waals surface area (Å²) >= 11 is 0. The van der Waals surface area contributed by atoms with Crippen LogP contribution in [0.25, 0.3) is 22.4 Å². The average Bonchev–Trinajstić information content (AvgIpc) is 3.21. The predicted molar refractivity (Wildman–Crippen MR) is 144 cm³/mol. The summed E-state index contributed by atoms with van der Waals surface area (Å²) in [6.45, 7) is 9.47. The number of benzene rings is 2. The highest BCUT2D eigenvalue weighted by atomic mass is 16.6. The number of hydrogen-bond donors (Lipinski definition) is 1. The molecular formula is C30H34N4O3. The fourth-order valence-corrected chi connectivity index (χ4v) is 5.01.